The summed E-state index contributed by atoms with van der Waals surface area (Å²) in [6.45, 7) is 4.49. The first kappa shape index (κ1) is 23.8. The molecule has 1 aromatic carbocycles. The summed E-state index contributed by atoms with van der Waals surface area (Å²) in [5, 5.41) is 8.94. The molecule has 0 atom stereocenters. The van der Waals surface area contributed by atoms with Gasteiger partial charge in [0.15, 0.2) is 0 Å². The van der Waals surface area contributed by atoms with Crippen LogP contribution < -0.4 is 4.90 Å². The fraction of sp³-hybridized carbons (Fsp3) is 0.536. The highest BCUT2D eigenvalue weighted by Gasteiger charge is 2.36. The fourth-order valence-corrected chi connectivity index (χ4v) is 6.04. The van der Waals surface area contributed by atoms with Crippen molar-refractivity contribution in [2.75, 3.05) is 31.1 Å². The molecule has 7 nitrogen and oxygen atoms in total. The minimum atomic E-state index is -0.709. The van der Waals surface area contributed by atoms with Gasteiger partial charge >= 0.3 is 12.0 Å². The number of carbonyl (C=O) groups excluding carboxylic acids is 1. The molecule has 0 unspecified atom stereocenters. The Morgan fingerprint density at radius 3 is 2.54 bits per heavy atom. The smallest absolute Gasteiger partial charge is 0.324 e. The number of pyridine rings is 1. The number of amides is 2. The quantitative estimate of drug-likeness (QED) is 0.643. The van der Waals surface area contributed by atoms with Crippen LogP contribution in [0.2, 0.25) is 0 Å². The van der Waals surface area contributed by atoms with Crippen molar-refractivity contribution in [3.8, 4) is 0 Å². The third kappa shape index (κ3) is 5.67. The summed E-state index contributed by atoms with van der Waals surface area (Å²) in [6.07, 6.45) is 10.8. The molecule has 1 saturated carbocycles. The van der Waals surface area contributed by atoms with Crippen LogP contribution in [0, 0.1) is 5.92 Å². The van der Waals surface area contributed by atoms with E-state index in [1.165, 1.54) is 16.7 Å². The number of carbonyl (C=O) groups is 2. The summed E-state index contributed by atoms with van der Waals surface area (Å²) in [4.78, 5) is 35.0. The molecule has 2 aliphatic heterocycles. The number of benzene rings is 1. The highest BCUT2D eigenvalue weighted by molar-refractivity contribution is 5.94. The monoisotopic (exact) mass is 476 g/mol. The first-order chi connectivity index (χ1) is 17.1. The lowest BCUT2D eigenvalue weighted by molar-refractivity contribution is -0.137. The number of anilines is 1. The highest BCUT2D eigenvalue weighted by atomic mass is 16.4. The predicted molar refractivity (Wildman–Crippen MR) is 135 cm³/mol. The van der Waals surface area contributed by atoms with Crippen LogP contribution in [-0.4, -0.2) is 64.1 Å². The van der Waals surface area contributed by atoms with Gasteiger partial charge in [-0.2, -0.15) is 0 Å². The van der Waals surface area contributed by atoms with Crippen LogP contribution in [0.3, 0.4) is 0 Å². The van der Waals surface area contributed by atoms with E-state index >= 15 is 0 Å². The fourth-order valence-electron chi connectivity index (χ4n) is 6.04. The van der Waals surface area contributed by atoms with Crippen molar-refractivity contribution in [3.63, 3.8) is 0 Å². The van der Waals surface area contributed by atoms with Gasteiger partial charge in [0.05, 0.1) is 0 Å². The Bertz CT molecular complexity index is 1040. The van der Waals surface area contributed by atoms with Gasteiger partial charge < -0.3 is 10.0 Å². The zero-order chi connectivity index (χ0) is 24.2. The predicted octanol–water partition coefficient (Wildman–Crippen LogP) is 4.35. The van der Waals surface area contributed by atoms with Gasteiger partial charge in [-0.15, -0.1) is 0 Å². The lowest BCUT2D eigenvalue weighted by Crippen LogP contribution is -2.41. The van der Waals surface area contributed by atoms with E-state index in [0.717, 1.165) is 83.4 Å². The van der Waals surface area contributed by atoms with Crippen molar-refractivity contribution in [2.24, 2.45) is 5.92 Å². The number of nitrogens with zero attached hydrogens (tertiary/aromatic N) is 4. The van der Waals surface area contributed by atoms with Crippen LogP contribution in [-0.2, 0) is 24.2 Å². The van der Waals surface area contributed by atoms with Gasteiger partial charge in [0, 0.05) is 63.3 Å². The number of hydrogen-bond donors (Lipinski definition) is 1. The lowest BCUT2D eigenvalue weighted by Gasteiger charge is -2.34. The molecule has 1 saturated heterocycles. The number of rotatable bonds is 7. The molecule has 5 rings (SSSR count). The molecule has 0 radical (unpaired) electrons. The van der Waals surface area contributed by atoms with Crippen molar-refractivity contribution in [1.82, 2.24) is 14.8 Å². The van der Waals surface area contributed by atoms with E-state index < -0.39 is 5.97 Å². The molecule has 3 heterocycles. The first-order valence-electron chi connectivity index (χ1n) is 13.1. The molecule has 0 bridgehead atoms. The molecule has 2 fully saturated rings. The van der Waals surface area contributed by atoms with Gasteiger partial charge in [0.1, 0.15) is 0 Å². The Morgan fingerprint density at radius 2 is 1.80 bits per heavy atom. The second-order valence-electron chi connectivity index (χ2n) is 10.3. The zero-order valence-corrected chi connectivity index (χ0v) is 20.4. The third-order valence-corrected chi connectivity index (χ3v) is 8.09. The number of aliphatic carboxylic acids is 1. The molecular weight excluding hydrogens is 440 g/mol. The van der Waals surface area contributed by atoms with Crippen molar-refractivity contribution >= 4 is 17.7 Å². The van der Waals surface area contributed by atoms with Crippen molar-refractivity contribution in [2.45, 2.75) is 64.0 Å². The molecule has 186 valence electrons. The molecule has 35 heavy (non-hydrogen) atoms. The molecule has 2 amide bonds. The first-order valence-corrected chi connectivity index (χ1v) is 13.1. The minimum absolute atomic E-state index is 0.130. The average Bonchev–Trinajstić information content (AvgIpc) is 3.14. The number of carboxylic acids is 1. The minimum Gasteiger partial charge on any atom is -0.481 e. The lowest BCUT2D eigenvalue weighted by atomic mass is 9.83. The van der Waals surface area contributed by atoms with Crippen LogP contribution in [0.4, 0.5) is 10.5 Å². The maximum Gasteiger partial charge on any atom is 0.324 e. The Morgan fingerprint density at radius 1 is 1.00 bits per heavy atom. The number of urea groups is 1. The summed E-state index contributed by atoms with van der Waals surface area (Å²) in [5.74, 6) is -0.224. The van der Waals surface area contributed by atoms with E-state index in [1.807, 2.05) is 23.4 Å². The van der Waals surface area contributed by atoms with Crippen molar-refractivity contribution < 1.29 is 14.7 Å². The molecule has 1 aliphatic carbocycles. The number of hydrogen-bond acceptors (Lipinski definition) is 4. The van der Waals surface area contributed by atoms with E-state index in [1.54, 1.807) is 0 Å². The normalized spacial score (nSPS) is 23.3. The summed E-state index contributed by atoms with van der Waals surface area (Å²) < 4.78 is 0. The van der Waals surface area contributed by atoms with E-state index in [-0.39, 0.29) is 18.5 Å². The van der Waals surface area contributed by atoms with Gasteiger partial charge in [-0.3, -0.25) is 19.6 Å². The maximum absolute atomic E-state index is 13.4. The average molecular weight is 477 g/mol. The van der Waals surface area contributed by atoms with E-state index in [2.05, 4.69) is 39.0 Å². The van der Waals surface area contributed by atoms with Crippen molar-refractivity contribution in [1.29, 1.82) is 0 Å². The van der Waals surface area contributed by atoms with Gasteiger partial charge in [-0.1, -0.05) is 12.1 Å². The van der Waals surface area contributed by atoms with Gasteiger partial charge in [-0.25, -0.2) is 4.79 Å². The Kier molecular flexibility index (Phi) is 7.32. The summed E-state index contributed by atoms with van der Waals surface area (Å²) in [6, 6.07) is 11.1. The molecule has 0 spiro atoms. The second kappa shape index (κ2) is 10.8. The van der Waals surface area contributed by atoms with Crippen LogP contribution in [0.1, 0.15) is 55.2 Å². The molecule has 1 N–H and O–H groups in total. The van der Waals surface area contributed by atoms with E-state index in [9.17, 15) is 9.59 Å². The Hall–Kier alpha value is -2.93. The molecule has 7 heteroatoms. The van der Waals surface area contributed by atoms with Crippen LogP contribution in [0.15, 0.2) is 42.7 Å². The third-order valence-electron chi connectivity index (χ3n) is 8.09. The molecule has 3 aliphatic rings. The number of aromatic nitrogens is 1. The Balaban J connectivity index is 1.18. The molecular formula is C28H36N4O3. The van der Waals surface area contributed by atoms with Crippen LogP contribution in [0.5, 0.6) is 0 Å². The topological polar surface area (TPSA) is 77.0 Å². The largest absolute Gasteiger partial charge is 0.481 e. The Labute approximate surface area is 207 Å². The van der Waals surface area contributed by atoms with Gasteiger partial charge in [-0.05, 0) is 85.8 Å². The summed E-state index contributed by atoms with van der Waals surface area (Å²) in [7, 11) is 0. The van der Waals surface area contributed by atoms with Gasteiger partial charge in [0.25, 0.3) is 0 Å². The van der Waals surface area contributed by atoms with Crippen LogP contribution >= 0.6 is 0 Å². The zero-order valence-electron chi connectivity index (χ0n) is 20.4. The number of fused-ring (bicyclic) bond motifs is 1. The standard InChI is InChI=1S/C28H36N4O3/c33-27(34)10-5-21-3-7-25(8-4-21)31-16-17-32(28(31)35)26-9-6-23-11-14-30(15-12-24(23)18-26)20-22-2-1-13-29-19-22/h1-2,6,9,13,18-19,21,25H,3-5,7-8,10-12,14-17,20H2,(H,33,34). The van der Waals surface area contributed by atoms with Gasteiger partial charge in [0.2, 0.25) is 0 Å². The van der Waals surface area contributed by atoms with Crippen molar-refractivity contribution in [3.05, 3.63) is 59.4 Å². The van der Waals surface area contributed by atoms with E-state index in [0.29, 0.717) is 5.92 Å². The highest BCUT2D eigenvalue weighted by Crippen LogP contribution is 2.33. The second-order valence-corrected chi connectivity index (χ2v) is 10.3. The number of carboxylic acid groups (broad SMARTS) is 1. The molecule has 1 aromatic heterocycles. The SMILES string of the molecule is O=C(O)CCC1CCC(N2CCN(c3ccc4c(c3)CCN(Cc3cccnc3)CC4)C2=O)CC1. The van der Waals surface area contributed by atoms with E-state index in [4.69, 9.17) is 5.11 Å². The molecule has 2 aromatic rings. The maximum atomic E-state index is 13.4. The van der Waals surface area contributed by atoms with Crippen LogP contribution in [0.25, 0.3) is 0 Å². The summed E-state index contributed by atoms with van der Waals surface area (Å²) in [5.41, 5.74) is 5.02. The summed E-state index contributed by atoms with van der Waals surface area (Å²) >= 11 is 0.